The van der Waals surface area contributed by atoms with Crippen LogP contribution in [0.1, 0.15) is 19.4 Å². The Kier molecular flexibility index (Phi) is 5.52. The van der Waals surface area contributed by atoms with E-state index in [9.17, 15) is 9.59 Å². The van der Waals surface area contributed by atoms with Crippen LogP contribution in [0.2, 0.25) is 0 Å². The number of amides is 1. The van der Waals surface area contributed by atoms with Crippen LogP contribution in [0.5, 0.6) is 5.75 Å². The van der Waals surface area contributed by atoms with Gasteiger partial charge in [0.2, 0.25) is 5.91 Å². The van der Waals surface area contributed by atoms with Crippen molar-refractivity contribution in [3.05, 3.63) is 29.8 Å². The van der Waals surface area contributed by atoms with Crippen molar-refractivity contribution in [1.82, 2.24) is 5.32 Å². The van der Waals surface area contributed by atoms with Gasteiger partial charge in [0.25, 0.3) is 0 Å². The molecular formula is C14H20N2O4. The van der Waals surface area contributed by atoms with E-state index >= 15 is 0 Å². The fraction of sp³-hybridized carbons (Fsp3) is 0.429. The SMILES string of the molecule is CC(C)[C@H](NC(=O)C(N)Cc1ccc(O)cc1)C(=O)O. The molecule has 1 aromatic carbocycles. The van der Waals surface area contributed by atoms with E-state index in [0.717, 1.165) is 5.56 Å². The van der Waals surface area contributed by atoms with Crippen LogP contribution in [0, 0.1) is 5.92 Å². The van der Waals surface area contributed by atoms with Gasteiger partial charge in [-0.3, -0.25) is 4.79 Å². The van der Waals surface area contributed by atoms with Gasteiger partial charge >= 0.3 is 5.97 Å². The summed E-state index contributed by atoms with van der Waals surface area (Å²) >= 11 is 0. The summed E-state index contributed by atoms with van der Waals surface area (Å²) in [5.41, 5.74) is 6.56. The van der Waals surface area contributed by atoms with E-state index in [2.05, 4.69) is 5.32 Å². The first-order valence-electron chi connectivity index (χ1n) is 6.38. The molecule has 6 heteroatoms. The van der Waals surface area contributed by atoms with Crippen molar-refractivity contribution in [2.75, 3.05) is 0 Å². The summed E-state index contributed by atoms with van der Waals surface area (Å²) in [5, 5.41) is 20.6. The van der Waals surface area contributed by atoms with E-state index in [-0.39, 0.29) is 18.1 Å². The molecule has 0 aliphatic rings. The number of carbonyl (C=O) groups is 2. The quantitative estimate of drug-likeness (QED) is 0.605. The Labute approximate surface area is 117 Å². The fourth-order valence-corrected chi connectivity index (χ4v) is 1.75. The Bertz CT molecular complexity index is 471. The van der Waals surface area contributed by atoms with Crippen molar-refractivity contribution in [2.24, 2.45) is 11.7 Å². The number of carbonyl (C=O) groups excluding carboxylic acids is 1. The molecule has 0 fully saturated rings. The van der Waals surface area contributed by atoms with Gasteiger partial charge in [-0.1, -0.05) is 26.0 Å². The fourth-order valence-electron chi connectivity index (χ4n) is 1.75. The zero-order chi connectivity index (χ0) is 15.3. The first kappa shape index (κ1) is 16.0. The zero-order valence-corrected chi connectivity index (χ0v) is 11.5. The molecule has 110 valence electrons. The van der Waals surface area contributed by atoms with Gasteiger partial charge in [0, 0.05) is 0 Å². The molecule has 6 nitrogen and oxygen atoms in total. The Morgan fingerprint density at radius 1 is 1.25 bits per heavy atom. The largest absolute Gasteiger partial charge is 0.508 e. The maximum atomic E-state index is 11.9. The Morgan fingerprint density at radius 3 is 2.25 bits per heavy atom. The second-order valence-electron chi connectivity index (χ2n) is 5.05. The summed E-state index contributed by atoms with van der Waals surface area (Å²) in [6.45, 7) is 3.43. The number of nitrogens with two attached hydrogens (primary N) is 1. The highest BCUT2D eigenvalue weighted by Crippen LogP contribution is 2.11. The number of aliphatic carboxylic acids is 1. The Hall–Kier alpha value is -2.08. The molecule has 0 aliphatic heterocycles. The summed E-state index contributed by atoms with van der Waals surface area (Å²) < 4.78 is 0. The smallest absolute Gasteiger partial charge is 0.326 e. The average Bonchev–Trinajstić information content (AvgIpc) is 2.37. The van der Waals surface area contributed by atoms with E-state index in [1.807, 2.05) is 0 Å². The molecule has 1 aromatic rings. The van der Waals surface area contributed by atoms with Crippen molar-refractivity contribution < 1.29 is 19.8 Å². The number of carboxylic acid groups (broad SMARTS) is 1. The maximum absolute atomic E-state index is 11.9. The third-order valence-corrected chi connectivity index (χ3v) is 2.96. The standard InChI is InChI=1S/C14H20N2O4/c1-8(2)12(14(19)20)16-13(18)11(15)7-9-3-5-10(17)6-4-9/h3-6,8,11-12,17H,7,15H2,1-2H3,(H,16,18)(H,19,20)/t11?,12-/m0/s1. The third kappa shape index (κ3) is 4.55. The highest BCUT2D eigenvalue weighted by atomic mass is 16.4. The van der Waals surface area contributed by atoms with E-state index in [0.29, 0.717) is 0 Å². The van der Waals surface area contributed by atoms with Crippen molar-refractivity contribution in [1.29, 1.82) is 0 Å². The van der Waals surface area contributed by atoms with Gasteiger partial charge in [-0.05, 0) is 30.0 Å². The van der Waals surface area contributed by atoms with Crippen LogP contribution in [0.15, 0.2) is 24.3 Å². The van der Waals surface area contributed by atoms with Gasteiger partial charge in [-0.2, -0.15) is 0 Å². The molecule has 0 aliphatic carbocycles. The van der Waals surface area contributed by atoms with Crippen LogP contribution in [0.3, 0.4) is 0 Å². The lowest BCUT2D eigenvalue weighted by Gasteiger charge is -2.20. The zero-order valence-electron chi connectivity index (χ0n) is 11.5. The second-order valence-corrected chi connectivity index (χ2v) is 5.05. The first-order chi connectivity index (χ1) is 9.31. The van der Waals surface area contributed by atoms with Gasteiger partial charge in [0.15, 0.2) is 0 Å². The van der Waals surface area contributed by atoms with Crippen molar-refractivity contribution in [3.63, 3.8) is 0 Å². The summed E-state index contributed by atoms with van der Waals surface area (Å²) in [6, 6.07) is 4.56. The number of hydrogen-bond donors (Lipinski definition) is 4. The Morgan fingerprint density at radius 2 is 1.80 bits per heavy atom. The predicted molar refractivity (Wildman–Crippen MR) is 74.2 cm³/mol. The minimum atomic E-state index is -1.08. The van der Waals surface area contributed by atoms with Gasteiger partial charge in [-0.25, -0.2) is 4.79 Å². The minimum absolute atomic E-state index is 0.137. The van der Waals surface area contributed by atoms with Crippen LogP contribution in [-0.2, 0) is 16.0 Å². The number of hydrogen-bond acceptors (Lipinski definition) is 4. The number of aromatic hydroxyl groups is 1. The van der Waals surface area contributed by atoms with Crippen LogP contribution >= 0.6 is 0 Å². The number of nitrogens with one attached hydrogen (secondary N) is 1. The Balaban J connectivity index is 2.62. The number of benzene rings is 1. The molecule has 1 amide bonds. The topological polar surface area (TPSA) is 113 Å². The van der Waals surface area contributed by atoms with Crippen LogP contribution in [0.25, 0.3) is 0 Å². The molecule has 5 N–H and O–H groups in total. The summed E-state index contributed by atoms with van der Waals surface area (Å²) in [6.07, 6.45) is 0.274. The number of phenolic OH excluding ortho intramolecular Hbond substituents is 1. The molecule has 0 heterocycles. The number of rotatable bonds is 6. The number of phenols is 1. The van der Waals surface area contributed by atoms with Gasteiger partial charge in [0.1, 0.15) is 11.8 Å². The van der Waals surface area contributed by atoms with Crippen molar-refractivity contribution >= 4 is 11.9 Å². The average molecular weight is 280 g/mol. The van der Waals surface area contributed by atoms with Crippen molar-refractivity contribution in [3.8, 4) is 5.75 Å². The molecule has 1 rings (SSSR count). The monoisotopic (exact) mass is 280 g/mol. The minimum Gasteiger partial charge on any atom is -0.508 e. The third-order valence-electron chi connectivity index (χ3n) is 2.96. The normalized spacial score (nSPS) is 13.8. The van der Waals surface area contributed by atoms with E-state index in [1.54, 1.807) is 26.0 Å². The van der Waals surface area contributed by atoms with Crippen molar-refractivity contribution in [2.45, 2.75) is 32.4 Å². The summed E-state index contributed by atoms with van der Waals surface area (Å²) in [5.74, 6) is -1.67. The summed E-state index contributed by atoms with van der Waals surface area (Å²) in [4.78, 5) is 22.9. The number of carboxylic acids is 1. The molecule has 0 bridgehead atoms. The van der Waals surface area contributed by atoms with Gasteiger partial charge < -0.3 is 21.3 Å². The molecule has 2 atom stereocenters. The highest BCUT2D eigenvalue weighted by Gasteiger charge is 2.25. The van der Waals surface area contributed by atoms with Gasteiger partial charge in [-0.15, -0.1) is 0 Å². The van der Waals surface area contributed by atoms with E-state index < -0.39 is 24.0 Å². The molecule has 0 radical (unpaired) electrons. The molecule has 0 saturated carbocycles. The van der Waals surface area contributed by atoms with E-state index in [1.165, 1.54) is 12.1 Å². The molecule has 0 saturated heterocycles. The highest BCUT2D eigenvalue weighted by molar-refractivity contribution is 5.87. The first-order valence-corrected chi connectivity index (χ1v) is 6.38. The lowest BCUT2D eigenvalue weighted by atomic mass is 10.0. The summed E-state index contributed by atoms with van der Waals surface area (Å²) in [7, 11) is 0. The molecular weight excluding hydrogens is 260 g/mol. The lowest BCUT2D eigenvalue weighted by Crippen LogP contribution is -2.51. The second kappa shape index (κ2) is 6.91. The molecule has 0 aromatic heterocycles. The molecule has 20 heavy (non-hydrogen) atoms. The predicted octanol–water partition coefficient (Wildman–Crippen LogP) is 0.487. The van der Waals surface area contributed by atoms with Crippen LogP contribution in [0.4, 0.5) is 0 Å². The van der Waals surface area contributed by atoms with E-state index in [4.69, 9.17) is 15.9 Å². The molecule has 1 unspecified atom stereocenters. The van der Waals surface area contributed by atoms with Crippen LogP contribution < -0.4 is 11.1 Å². The molecule has 0 spiro atoms. The van der Waals surface area contributed by atoms with Crippen LogP contribution in [-0.4, -0.2) is 34.2 Å². The lowest BCUT2D eigenvalue weighted by molar-refractivity contribution is -0.143. The maximum Gasteiger partial charge on any atom is 0.326 e. The van der Waals surface area contributed by atoms with Gasteiger partial charge in [0.05, 0.1) is 6.04 Å².